The van der Waals surface area contributed by atoms with Crippen LogP contribution in [0.4, 0.5) is 0 Å². The van der Waals surface area contributed by atoms with Gasteiger partial charge >= 0.3 is 5.97 Å². The van der Waals surface area contributed by atoms with Crippen LogP contribution in [0.25, 0.3) is 0 Å². The Bertz CT molecular complexity index is 450. The Labute approximate surface area is 148 Å². The lowest BCUT2D eigenvalue weighted by molar-refractivity contribution is -0.150. The van der Waals surface area contributed by atoms with Crippen molar-refractivity contribution in [3.63, 3.8) is 0 Å². The van der Waals surface area contributed by atoms with Crippen LogP contribution in [-0.4, -0.2) is 12.6 Å². The van der Waals surface area contributed by atoms with E-state index in [9.17, 15) is 4.79 Å². The number of ether oxygens (including phenoxy) is 1. The van der Waals surface area contributed by atoms with Gasteiger partial charge in [-0.3, -0.25) is 4.79 Å². The largest absolute Gasteiger partial charge is 0.465 e. The summed E-state index contributed by atoms with van der Waals surface area (Å²) < 4.78 is 5.53. The minimum absolute atomic E-state index is 0.0418. The Morgan fingerprint density at radius 1 is 1.04 bits per heavy atom. The van der Waals surface area contributed by atoms with Crippen LogP contribution in [0, 0.1) is 11.8 Å². The second kappa shape index (κ2) is 12.8. The van der Waals surface area contributed by atoms with Crippen molar-refractivity contribution in [3.05, 3.63) is 48.6 Å². The van der Waals surface area contributed by atoms with Gasteiger partial charge in [-0.05, 0) is 37.2 Å². The smallest absolute Gasteiger partial charge is 0.309 e. The first-order valence-corrected chi connectivity index (χ1v) is 9.46. The van der Waals surface area contributed by atoms with Crippen LogP contribution in [-0.2, 0) is 16.0 Å². The third kappa shape index (κ3) is 8.90. The van der Waals surface area contributed by atoms with Gasteiger partial charge in [0.25, 0.3) is 0 Å². The zero-order valence-corrected chi connectivity index (χ0v) is 15.5. The molecule has 24 heavy (non-hydrogen) atoms. The fourth-order valence-corrected chi connectivity index (χ4v) is 2.84. The molecule has 0 heterocycles. The molecule has 0 bridgehead atoms. The molecule has 2 nitrogen and oxygen atoms in total. The summed E-state index contributed by atoms with van der Waals surface area (Å²) >= 11 is 0. The highest BCUT2D eigenvalue weighted by Crippen LogP contribution is 2.19. The molecule has 0 aliphatic rings. The lowest BCUT2D eigenvalue weighted by atomic mass is 9.89. The first kappa shape index (κ1) is 20.5. The van der Waals surface area contributed by atoms with Crippen molar-refractivity contribution in [1.82, 2.24) is 0 Å². The van der Waals surface area contributed by atoms with Crippen LogP contribution in [0.1, 0.15) is 64.4 Å². The van der Waals surface area contributed by atoms with Crippen molar-refractivity contribution in [3.8, 4) is 0 Å². The molecule has 0 radical (unpaired) electrons. The molecule has 0 amide bonds. The van der Waals surface area contributed by atoms with E-state index in [4.69, 9.17) is 4.74 Å². The molecule has 0 fully saturated rings. The van der Waals surface area contributed by atoms with Crippen molar-refractivity contribution < 1.29 is 9.53 Å². The Balaban J connectivity index is 2.20. The van der Waals surface area contributed by atoms with E-state index in [2.05, 4.69) is 32.6 Å². The number of hydrogen-bond acceptors (Lipinski definition) is 2. The highest BCUT2D eigenvalue weighted by Gasteiger charge is 2.23. The maximum absolute atomic E-state index is 12.4. The lowest BCUT2D eigenvalue weighted by Gasteiger charge is -2.19. The van der Waals surface area contributed by atoms with Gasteiger partial charge in [-0.1, -0.05) is 75.9 Å². The van der Waals surface area contributed by atoms with Crippen molar-refractivity contribution in [2.24, 2.45) is 11.8 Å². The number of hydrogen-bond donors (Lipinski definition) is 0. The molecule has 0 N–H and O–H groups in total. The average Bonchev–Trinajstić information content (AvgIpc) is 2.58. The van der Waals surface area contributed by atoms with E-state index in [-0.39, 0.29) is 11.9 Å². The molecule has 134 valence electrons. The standard InChI is InChI=1S/C22H34O2/c1-4-5-6-7-8-9-10-14-17-24-22(23)21(19(2)3)18-20-15-12-11-13-16-20/h4,11-13,15-16,19,21H,1,5-10,14,17-18H2,2-3H3. The zero-order chi connectivity index (χ0) is 17.6. The van der Waals surface area contributed by atoms with Crippen molar-refractivity contribution in [1.29, 1.82) is 0 Å². The van der Waals surface area contributed by atoms with Gasteiger partial charge in [-0.2, -0.15) is 0 Å². The summed E-state index contributed by atoms with van der Waals surface area (Å²) in [5, 5.41) is 0. The summed E-state index contributed by atoms with van der Waals surface area (Å²) in [5.74, 6) is 0.203. The van der Waals surface area contributed by atoms with Gasteiger partial charge in [0, 0.05) is 0 Å². The number of allylic oxidation sites excluding steroid dienone is 1. The minimum atomic E-state index is -0.0497. The van der Waals surface area contributed by atoms with Gasteiger partial charge in [-0.15, -0.1) is 6.58 Å². The number of carbonyl (C=O) groups excluding carboxylic acids is 1. The number of unbranched alkanes of at least 4 members (excludes halogenated alkanes) is 6. The first-order chi connectivity index (χ1) is 11.6. The summed E-state index contributed by atoms with van der Waals surface area (Å²) in [5.41, 5.74) is 1.20. The summed E-state index contributed by atoms with van der Waals surface area (Å²) in [6.45, 7) is 8.49. The third-order valence-electron chi connectivity index (χ3n) is 4.45. The molecular formula is C22H34O2. The van der Waals surface area contributed by atoms with Crippen LogP contribution >= 0.6 is 0 Å². The van der Waals surface area contributed by atoms with Crippen molar-refractivity contribution in [2.45, 2.75) is 65.2 Å². The van der Waals surface area contributed by atoms with E-state index in [1.54, 1.807) is 0 Å². The fourth-order valence-electron chi connectivity index (χ4n) is 2.84. The summed E-state index contributed by atoms with van der Waals surface area (Å²) in [6, 6.07) is 10.2. The molecule has 1 unspecified atom stereocenters. The molecular weight excluding hydrogens is 296 g/mol. The number of esters is 1. The van der Waals surface area contributed by atoms with E-state index < -0.39 is 0 Å². The molecule has 0 saturated carbocycles. The highest BCUT2D eigenvalue weighted by atomic mass is 16.5. The molecule has 0 aliphatic carbocycles. The molecule has 0 aliphatic heterocycles. The molecule has 1 rings (SSSR count). The van der Waals surface area contributed by atoms with Gasteiger partial charge in [-0.25, -0.2) is 0 Å². The van der Waals surface area contributed by atoms with Crippen LogP contribution in [0.5, 0.6) is 0 Å². The van der Waals surface area contributed by atoms with E-state index >= 15 is 0 Å². The Kier molecular flexibility index (Phi) is 10.9. The molecule has 2 heteroatoms. The monoisotopic (exact) mass is 330 g/mol. The second-order valence-corrected chi connectivity index (χ2v) is 6.91. The van der Waals surface area contributed by atoms with Crippen LogP contribution < -0.4 is 0 Å². The van der Waals surface area contributed by atoms with E-state index in [1.807, 2.05) is 24.3 Å². The predicted octanol–water partition coefficient (Wildman–Crippen LogP) is 5.96. The van der Waals surface area contributed by atoms with Crippen molar-refractivity contribution in [2.75, 3.05) is 6.61 Å². The zero-order valence-electron chi connectivity index (χ0n) is 15.5. The molecule has 0 aromatic heterocycles. The summed E-state index contributed by atoms with van der Waals surface area (Å²) in [6.07, 6.45) is 11.0. The minimum Gasteiger partial charge on any atom is -0.465 e. The maximum atomic E-state index is 12.4. The Morgan fingerprint density at radius 3 is 2.29 bits per heavy atom. The van der Waals surface area contributed by atoms with E-state index in [1.165, 1.54) is 31.2 Å². The highest BCUT2D eigenvalue weighted by molar-refractivity contribution is 5.73. The quantitative estimate of drug-likeness (QED) is 0.253. The van der Waals surface area contributed by atoms with Gasteiger partial charge in [0.05, 0.1) is 12.5 Å². The normalized spacial score (nSPS) is 12.1. The number of carbonyl (C=O) groups is 1. The van der Waals surface area contributed by atoms with Crippen LogP contribution in [0.2, 0.25) is 0 Å². The Morgan fingerprint density at radius 2 is 1.67 bits per heavy atom. The second-order valence-electron chi connectivity index (χ2n) is 6.91. The third-order valence-corrected chi connectivity index (χ3v) is 4.45. The van der Waals surface area contributed by atoms with Crippen LogP contribution in [0.15, 0.2) is 43.0 Å². The van der Waals surface area contributed by atoms with Crippen LogP contribution in [0.3, 0.4) is 0 Å². The topological polar surface area (TPSA) is 26.3 Å². The van der Waals surface area contributed by atoms with Gasteiger partial charge in [0.15, 0.2) is 0 Å². The average molecular weight is 331 g/mol. The molecule has 0 spiro atoms. The molecule has 1 atom stereocenters. The van der Waals surface area contributed by atoms with E-state index in [0.717, 1.165) is 25.7 Å². The first-order valence-electron chi connectivity index (χ1n) is 9.46. The Hall–Kier alpha value is -1.57. The number of benzene rings is 1. The fraction of sp³-hybridized carbons (Fsp3) is 0.591. The van der Waals surface area contributed by atoms with Gasteiger partial charge in [0.1, 0.15) is 0 Å². The van der Waals surface area contributed by atoms with E-state index in [0.29, 0.717) is 12.5 Å². The number of rotatable bonds is 13. The predicted molar refractivity (Wildman–Crippen MR) is 102 cm³/mol. The van der Waals surface area contributed by atoms with Gasteiger partial charge in [0.2, 0.25) is 0 Å². The molecule has 1 aromatic carbocycles. The molecule has 1 aromatic rings. The van der Waals surface area contributed by atoms with Gasteiger partial charge < -0.3 is 4.74 Å². The lowest BCUT2D eigenvalue weighted by Crippen LogP contribution is -2.25. The molecule has 0 saturated heterocycles. The SMILES string of the molecule is C=CCCCCCCCCOC(=O)C(Cc1ccccc1)C(C)C. The summed E-state index contributed by atoms with van der Waals surface area (Å²) in [7, 11) is 0. The summed E-state index contributed by atoms with van der Waals surface area (Å²) in [4.78, 5) is 12.4. The van der Waals surface area contributed by atoms with Crippen molar-refractivity contribution >= 4 is 5.97 Å². The maximum Gasteiger partial charge on any atom is 0.309 e.